The normalized spacial score (nSPS) is 10.5. The predicted octanol–water partition coefficient (Wildman–Crippen LogP) is 3.39. The maximum atomic E-state index is 12.4. The molecule has 0 aliphatic carbocycles. The summed E-state index contributed by atoms with van der Waals surface area (Å²) in [7, 11) is 4.58. The lowest BCUT2D eigenvalue weighted by Crippen LogP contribution is -2.14. The Kier molecular flexibility index (Phi) is 5.97. The Morgan fingerprint density at radius 2 is 1.78 bits per heavy atom. The van der Waals surface area contributed by atoms with Gasteiger partial charge in [-0.15, -0.1) is 5.10 Å². The number of anilines is 1. The number of nitrogens with zero attached hydrogens (tertiary/aromatic N) is 2. The van der Waals surface area contributed by atoms with Gasteiger partial charge in [0.15, 0.2) is 11.5 Å². The van der Waals surface area contributed by atoms with Crippen molar-refractivity contribution in [3.8, 4) is 17.2 Å². The van der Waals surface area contributed by atoms with Gasteiger partial charge in [-0.1, -0.05) is 36.0 Å². The summed E-state index contributed by atoms with van der Waals surface area (Å²) in [6.45, 7) is 0. The molecule has 0 atom stereocenters. The zero-order chi connectivity index (χ0) is 19.2. The molecule has 1 N–H and O–H groups in total. The molecule has 0 saturated heterocycles. The quantitative estimate of drug-likeness (QED) is 0.624. The monoisotopic (exact) mass is 385 g/mol. The number of rotatable bonds is 7. The predicted molar refractivity (Wildman–Crippen MR) is 105 cm³/mol. The van der Waals surface area contributed by atoms with Gasteiger partial charge in [-0.2, -0.15) is 5.10 Å². The van der Waals surface area contributed by atoms with Crippen molar-refractivity contribution >= 4 is 34.1 Å². The van der Waals surface area contributed by atoms with Gasteiger partial charge in [-0.3, -0.25) is 4.79 Å². The van der Waals surface area contributed by atoms with E-state index < -0.39 is 0 Å². The molecule has 7 nitrogen and oxygen atoms in total. The fourth-order valence-electron chi connectivity index (χ4n) is 2.59. The number of hydrogen-bond acceptors (Lipinski definition) is 7. The molecular formula is C19H19N3O4S. The first kappa shape index (κ1) is 18.8. The van der Waals surface area contributed by atoms with Gasteiger partial charge in [-0.05, 0) is 0 Å². The number of ether oxygens (including phenoxy) is 3. The van der Waals surface area contributed by atoms with Crippen molar-refractivity contribution in [2.45, 2.75) is 5.03 Å². The second-order valence-electron chi connectivity index (χ2n) is 5.49. The number of hydrogen-bond donors (Lipinski definition) is 1. The van der Waals surface area contributed by atoms with Crippen LogP contribution >= 0.6 is 11.8 Å². The number of carbonyl (C=O) groups is 1. The Balaban J connectivity index is 1.72. The van der Waals surface area contributed by atoms with Crippen LogP contribution < -0.4 is 19.5 Å². The number of fused-ring (bicyclic) bond motifs is 1. The van der Waals surface area contributed by atoms with Gasteiger partial charge in [0.05, 0.1) is 33.3 Å². The molecule has 0 saturated carbocycles. The Hall–Kier alpha value is -3.00. The maximum Gasteiger partial charge on any atom is 0.234 e. The van der Waals surface area contributed by atoms with Crippen LogP contribution in [0.1, 0.15) is 0 Å². The second kappa shape index (κ2) is 8.59. The fourth-order valence-corrected chi connectivity index (χ4v) is 3.38. The van der Waals surface area contributed by atoms with Gasteiger partial charge in [0.25, 0.3) is 0 Å². The first-order valence-corrected chi connectivity index (χ1v) is 9.08. The second-order valence-corrected chi connectivity index (χ2v) is 6.45. The molecule has 0 radical (unpaired) electrons. The molecule has 140 valence electrons. The Labute approximate surface area is 161 Å². The number of benzene rings is 2. The van der Waals surface area contributed by atoms with E-state index in [-0.39, 0.29) is 11.7 Å². The van der Waals surface area contributed by atoms with Crippen LogP contribution in [-0.4, -0.2) is 43.2 Å². The molecule has 0 aliphatic heterocycles. The minimum Gasteiger partial charge on any atom is -0.493 e. The number of amides is 1. The highest BCUT2D eigenvalue weighted by Gasteiger charge is 2.15. The number of thioether (sulfide) groups is 1. The van der Waals surface area contributed by atoms with Crippen LogP contribution in [0.15, 0.2) is 47.6 Å². The maximum absolute atomic E-state index is 12.4. The highest BCUT2D eigenvalue weighted by molar-refractivity contribution is 8.00. The van der Waals surface area contributed by atoms with Crippen LogP contribution in [0.5, 0.6) is 17.2 Å². The Morgan fingerprint density at radius 3 is 2.44 bits per heavy atom. The molecular weight excluding hydrogens is 366 g/mol. The van der Waals surface area contributed by atoms with Crippen molar-refractivity contribution in [3.63, 3.8) is 0 Å². The van der Waals surface area contributed by atoms with Crippen molar-refractivity contribution in [1.29, 1.82) is 0 Å². The van der Waals surface area contributed by atoms with Crippen molar-refractivity contribution < 1.29 is 19.0 Å². The van der Waals surface area contributed by atoms with Gasteiger partial charge in [-0.25, -0.2) is 0 Å². The summed E-state index contributed by atoms with van der Waals surface area (Å²) < 4.78 is 15.9. The average Bonchev–Trinajstić information content (AvgIpc) is 2.71. The molecule has 0 spiro atoms. The van der Waals surface area contributed by atoms with Gasteiger partial charge in [0.1, 0.15) is 5.03 Å². The third-order valence-corrected chi connectivity index (χ3v) is 4.81. The molecule has 3 aromatic rings. The molecule has 1 amide bonds. The van der Waals surface area contributed by atoms with E-state index in [1.54, 1.807) is 18.3 Å². The average molecular weight is 385 g/mol. The van der Waals surface area contributed by atoms with Crippen LogP contribution in [0.25, 0.3) is 10.8 Å². The van der Waals surface area contributed by atoms with Gasteiger partial charge >= 0.3 is 0 Å². The highest BCUT2D eigenvalue weighted by atomic mass is 32.2. The minimum absolute atomic E-state index is 0.177. The summed E-state index contributed by atoms with van der Waals surface area (Å²) >= 11 is 1.33. The highest BCUT2D eigenvalue weighted by Crippen LogP contribution is 2.40. The van der Waals surface area contributed by atoms with Gasteiger partial charge < -0.3 is 19.5 Å². The molecule has 2 aromatic carbocycles. The lowest BCUT2D eigenvalue weighted by Gasteiger charge is -2.14. The summed E-state index contributed by atoms with van der Waals surface area (Å²) in [5, 5.41) is 13.6. The van der Waals surface area contributed by atoms with E-state index in [2.05, 4.69) is 15.5 Å². The van der Waals surface area contributed by atoms with E-state index in [0.29, 0.717) is 28.0 Å². The van der Waals surface area contributed by atoms with E-state index in [0.717, 1.165) is 10.8 Å². The summed E-state index contributed by atoms with van der Waals surface area (Å²) in [6.07, 6.45) is 1.70. The smallest absolute Gasteiger partial charge is 0.234 e. The molecule has 1 heterocycles. The van der Waals surface area contributed by atoms with Crippen LogP contribution in [-0.2, 0) is 4.79 Å². The molecule has 3 rings (SSSR count). The third-order valence-electron chi connectivity index (χ3n) is 3.83. The standard InChI is InChI=1S/C19H19N3O4S/c1-24-15-8-13(9-16(25-2)18(15)26-3)21-17(23)11-27-19-14-7-5-4-6-12(14)10-20-22-19/h4-10H,11H2,1-3H3,(H,21,23). The van der Waals surface area contributed by atoms with E-state index in [4.69, 9.17) is 14.2 Å². The molecule has 0 unspecified atom stereocenters. The van der Waals surface area contributed by atoms with Gasteiger partial charge in [0, 0.05) is 28.6 Å². The largest absolute Gasteiger partial charge is 0.493 e. The molecule has 8 heteroatoms. The number of aromatic nitrogens is 2. The lowest BCUT2D eigenvalue weighted by atomic mass is 10.2. The molecule has 1 aromatic heterocycles. The van der Waals surface area contributed by atoms with Crippen molar-refractivity contribution in [2.75, 3.05) is 32.4 Å². The van der Waals surface area contributed by atoms with E-state index in [1.165, 1.54) is 33.1 Å². The van der Waals surface area contributed by atoms with Crippen LogP contribution in [0, 0.1) is 0 Å². The Bertz CT molecular complexity index is 934. The first-order chi connectivity index (χ1) is 13.2. The van der Waals surface area contributed by atoms with E-state index >= 15 is 0 Å². The van der Waals surface area contributed by atoms with E-state index in [9.17, 15) is 4.79 Å². The van der Waals surface area contributed by atoms with Crippen LogP contribution in [0.3, 0.4) is 0 Å². The Morgan fingerprint density at radius 1 is 1.07 bits per heavy atom. The first-order valence-electron chi connectivity index (χ1n) is 8.09. The summed E-state index contributed by atoms with van der Waals surface area (Å²) in [4.78, 5) is 12.4. The number of methoxy groups -OCH3 is 3. The topological polar surface area (TPSA) is 82.6 Å². The number of carbonyl (C=O) groups excluding carboxylic acids is 1. The molecule has 0 aliphatic rings. The summed E-state index contributed by atoms with van der Waals surface area (Å²) in [6, 6.07) is 11.2. The van der Waals surface area contributed by atoms with E-state index in [1.807, 2.05) is 24.3 Å². The molecule has 0 bridgehead atoms. The van der Waals surface area contributed by atoms with Crippen molar-refractivity contribution in [1.82, 2.24) is 10.2 Å². The third kappa shape index (κ3) is 4.22. The van der Waals surface area contributed by atoms with Crippen molar-refractivity contribution in [3.05, 3.63) is 42.6 Å². The minimum atomic E-state index is -0.177. The van der Waals surface area contributed by atoms with Gasteiger partial charge in [0.2, 0.25) is 11.7 Å². The lowest BCUT2D eigenvalue weighted by molar-refractivity contribution is -0.113. The number of nitrogens with one attached hydrogen (secondary N) is 1. The van der Waals surface area contributed by atoms with Crippen LogP contribution in [0.4, 0.5) is 5.69 Å². The zero-order valence-electron chi connectivity index (χ0n) is 15.2. The fraction of sp³-hybridized carbons (Fsp3) is 0.211. The SMILES string of the molecule is COc1cc(NC(=O)CSc2nncc3ccccc23)cc(OC)c1OC. The summed E-state index contributed by atoms with van der Waals surface area (Å²) in [5.41, 5.74) is 0.555. The zero-order valence-corrected chi connectivity index (χ0v) is 16.0. The van der Waals surface area contributed by atoms with Crippen molar-refractivity contribution in [2.24, 2.45) is 0 Å². The molecule has 27 heavy (non-hydrogen) atoms. The van der Waals surface area contributed by atoms with Crippen LogP contribution in [0.2, 0.25) is 0 Å². The summed E-state index contributed by atoms with van der Waals surface area (Å²) in [5.74, 6) is 1.43. The molecule has 0 fully saturated rings.